The van der Waals surface area contributed by atoms with Crippen molar-refractivity contribution in [2.75, 3.05) is 13.1 Å². The molecule has 1 aromatic rings. The van der Waals surface area contributed by atoms with Crippen LogP contribution in [0.5, 0.6) is 5.75 Å². The van der Waals surface area contributed by atoms with Crippen LogP contribution < -0.4 is 26.6 Å². The molecule has 4 rings (SSSR count). The minimum atomic E-state index is -2.27. The Morgan fingerprint density at radius 3 is 1.68 bits per heavy atom. The van der Waals surface area contributed by atoms with Gasteiger partial charge in [-0.25, -0.2) is 0 Å². The Labute approximate surface area is 432 Å². The summed E-state index contributed by atoms with van der Waals surface area (Å²) in [5, 5.41) is 111. The fourth-order valence-electron chi connectivity index (χ4n) is 9.77. The van der Waals surface area contributed by atoms with Crippen molar-refractivity contribution in [2.24, 2.45) is 5.92 Å². The number of amides is 7. The lowest BCUT2D eigenvalue weighted by molar-refractivity contribution is -0.148. The van der Waals surface area contributed by atoms with Gasteiger partial charge in [0.15, 0.2) is 6.23 Å². The SMILES string of the molecule is CCCCCCCCCCCCCCCCC(=O)NC1CC(O)C(O)NC(=O)C2C(O)C(C)CN2C(=O)C(C(C)O)NC(=O)C(C(O)C(O)c2ccc(O)cc2)NC(=O)C2CC(O)CN2C(=O)C(C(C)O)NC1=O. The molecule has 0 saturated carbocycles. The molecule has 418 valence electrons. The van der Waals surface area contributed by atoms with Crippen LogP contribution in [0.2, 0.25) is 0 Å². The van der Waals surface area contributed by atoms with Crippen LogP contribution in [-0.2, 0) is 33.6 Å². The van der Waals surface area contributed by atoms with Crippen LogP contribution in [0.1, 0.15) is 149 Å². The molecule has 0 aliphatic carbocycles. The summed E-state index contributed by atoms with van der Waals surface area (Å²) in [6, 6.07) is -6.56. The van der Waals surface area contributed by atoms with Gasteiger partial charge in [-0.2, -0.15) is 0 Å². The van der Waals surface area contributed by atoms with Crippen molar-refractivity contribution in [1.82, 2.24) is 36.4 Å². The second kappa shape index (κ2) is 29.9. The average Bonchev–Trinajstić information content (AvgIpc) is 3.90. The van der Waals surface area contributed by atoms with E-state index in [2.05, 4.69) is 33.5 Å². The predicted molar refractivity (Wildman–Crippen MR) is 267 cm³/mol. The first-order valence-corrected chi connectivity index (χ1v) is 26.4. The summed E-state index contributed by atoms with van der Waals surface area (Å²) in [7, 11) is 0. The second-order valence-corrected chi connectivity index (χ2v) is 20.5. The number of hydrogen-bond acceptors (Lipinski definition) is 16. The number of phenols is 1. The maximum Gasteiger partial charge on any atom is 0.248 e. The number of carbonyl (C=O) groups excluding carboxylic acids is 7. The average molecular weight is 1050 g/mol. The van der Waals surface area contributed by atoms with E-state index in [4.69, 9.17) is 0 Å². The number of fused-ring (bicyclic) bond motifs is 2. The largest absolute Gasteiger partial charge is 0.508 e. The first-order chi connectivity index (χ1) is 35.1. The molecule has 3 aliphatic heterocycles. The Hall–Kier alpha value is -5.01. The number of aliphatic hydroxyl groups is 8. The summed E-state index contributed by atoms with van der Waals surface area (Å²) in [5.41, 5.74) is -0.0584. The summed E-state index contributed by atoms with van der Waals surface area (Å²) >= 11 is 0. The number of hydrogen-bond donors (Lipinski definition) is 14. The molecule has 3 fully saturated rings. The summed E-state index contributed by atoms with van der Waals surface area (Å²) in [5.74, 6) is -8.91. The summed E-state index contributed by atoms with van der Waals surface area (Å²) < 4.78 is 0. The molecule has 3 saturated heterocycles. The zero-order chi connectivity index (χ0) is 54.8. The van der Waals surface area contributed by atoms with E-state index in [1.54, 1.807) is 0 Å². The van der Waals surface area contributed by atoms with Gasteiger partial charge >= 0.3 is 0 Å². The smallest absolute Gasteiger partial charge is 0.248 e. The number of unbranched alkanes of at least 4 members (excludes halogenated alkanes) is 13. The van der Waals surface area contributed by atoms with E-state index in [1.807, 2.05) is 0 Å². The van der Waals surface area contributed by atoms with Gasteiger partial charge in [0.2, 0.25) is 41.4 Å². The Morgan fingerprint density at radius 2 is 1.14 bits per heavy atom. The van der Waals surface area contributed by atoms with Crippen LogP contribution in [-0.4, -0.2) is 189 Å². The molecule has 15 atom stereocenters. The Bertz CT molecular complexity index is 2000. The van der Waals surface area contributed by atoms with Gasteiger partial charge in [0.1, 0.15) is 60.3 Å². The van der Waals surface area contributed by atoms with Crippen molar-refractivity contribution in [2.45, 2.75) is 222 Å². The Kier molecular flexibility index (Phi) is 24.9. The zero-order valence-corrected chi connectivity index (χ0v) is 43.2. The highest BCUT2D eigenvalue weighted by Crippen LogP contribution is 2.28. The summed E-state index contributed by atoms with van der Waals surface area (Å²) in [4.78, 5) is 100. The van der Waals surface area contributed by atoms with Crippen molar-refractivity contribution in [3.8, 4) is 5.75 Å². The van der Waals surface area contributed by atoms with Crippen LogP contribution in [0.25, 0.3) is 0 Å². The molecule has 0 spiro atoms. The number of nitrogens with one attached hydrogen (secondary N) is 5. The van der Waals surface area contributed by atoms with Gasteiger partial charge < -0.3 is 82.3 Å². The van der Waals surface area contributed by atoms with Gasteiger partial charge in [-0.1, -0.05) is 109 Å². The highest BCUT2D eigenvalue weighted by molar-refractivity contribution is 5.98. The number of phenolic OH excluding ortho intramolecular Hbond substituents is 1. The lowest BCUT2D eigenvalue weighted by Crippen LogP contribution is -2.64. The molecule has 15 unspecified atom stereocenters. The first-order valence-electron chi connectivity index (χ1n) is 26.4. The third-order valence-corrected chi connectivity index (χ3v) is 14.3. The Balaban J connectivity index is 1.62. The van der Waals surface area contributed by atoms with Gasteiger partial charge in [0.25, 0.3) is 0 Å². The second-order valence-electron chi connectivity index (χ2n) is 20.5. The predicted octanol–water partition coefficient (Wildman–Crippen LogP) is -1.27. The van der Waals surface area contributed by atoms with Crippen molar-refractivity contribution in [3.05, 3.63) is 29.8 Å². The quantitative estimate of drug-likeness (QED) is 0.0638. The van der Waals surface area contributed by atoms with Crippen molar-refractivity contribution in [1.29, 1.82) is 0 Å². The van der Waals surface area contributed by atoms with E-state index in [-0.39, 0.29) is 24.3 Å². The van der Waals surface area contributed by atoms with E-state index in [0.29, 0.717) is 12.8 Å². The standard InChI is InChI=1S/C51H83N7O16/c1-5-6-7-8-9-10-11-12-13-14-15-16-17-18-19-37(64)52-34-25-36(63)47(70)56-49(72)41-42(65)28(2)26-58(41)51(74)39(30(4)60)54-48(71)40(44(67)43(66)31-20-22-32(61)23-21-31)55-46(69)35-24-33(62)27-57(35)50(73)38(29(3)59)53-45(34)68/h20-23,28-30,33-36,38-44,47,59-63,65-67,70H,5-19,24-27H2,1-4H3,(H,52,64)(H,53,68)(H,54,71)(H,55,69)(H,56,72). The third-order valence-electron chi connectivity index (χ3n) is 14.3. The number of aromatic hydroxyl groups is 1. The molecule has 14 N–H and O–H groups in total. The fourth-order valence-corrected chi connectivity index (χ4v) is 9.77. The van der Waals surface area contributed by atoms with E-state index < -0.39 is 152 Å². The molecule has 7 amide bonds. The molecule has 23 heteroatoms. The van der Waals surface area contributed by atoms with Crippen LogP contribution in [0, 0.1) is 5.92 Å². The van der Waals surface area contributed by atoms with Crippen molar-refractivity contribution in [3.63, 3.8) is 0 Å². The highest BCUT2D eigenvalue weighted by atomic mass is 16.3. The van der Waals surface area contributed by atoms with Gasteiger partial charge in [-0.05, 0) is 38.0 Å². The van der Waals surface area contributed by atoms with Crippen LogP contribution >= 0.6 is 0 Å². The molecule has 1 aromatic carbocycles. The summed E-state index contributed by atoms with van der Waals surface area (Å²) in [6.45, 7) is 5.02. The molecular weight excluding hydrogens is 967 g/mol. The molecule has 3 heterocycles. The molecule has 0 radical (unpaired) electrons. The van der Waals surface area contributed by atoms with E-state index in [9.17, 15) is 79.5 Å². The minimum Gasteiger partial charge on any atom is -0.508 e. The molecular formula is C51H83N7O16. The number of carbonyl (C=O) groups is 7. The van der Waals surface area contributed by atoms with E-state index in [1.165, 1.54) is 70.4 Å². The number of rotatable bonds is 21. The van der Waals surface area contributed by atoms with Crippen molar-refractivity contribution >= 4 is 41.4 Å². The molecule has 23 nitrogen and oxygen atoms in total. The molecule has 3 aliphatic rings. The van der Waals surface area contributed by atoms with Crippen LogP contribution in [0.4, 0.5) is 0 Å². The lowest BCUT2D eigenvalue weighted by Gasteiger charge is -2.34. The molecule has 0 bridgehead atoms. The molecule has 0 aromatic heterocycles. The van der Waals surface area contributed by atoms with E-state index >= 15 is 0 Å². The molecule has 74 heavy (non-hydrogen) atoms. The topological polar surface area (TPSA) is 368 Å². The Morgan fingerprint density at radius 1 is 0.635 bits per heavy atom. The van der Waals surface area contributed by atoms with Gasteiger partial charge in [-0.15, -0.1) is 0 Å². The maximum atomic E-state index is 14.3. The van der Waals surface area contributed by atoms with Gasteiger partial charge in [-0.3, -0.25) is 33.6 Å². The number of aliphatic hydroxyl groups excluding tert-OH is 8. The van der Waals surface area contributed by atoms with Crippen LogP contribution in [0.3, 0.4) is 0 Å². The first kappa shape index (κ1) is 61.5. The summed E-state index contributed by atoms with van der Waals surface area (Å²) in [6.07, 6.45) is -1.18. The number of nitrogens with zero attached hydrogens (tertiary/aromatic N) is 2. The monoisotopic (exact) mass is 1050 g/mol. The van der Waals surface area contributed by atoms with E-state index in [0.717, 1.165) is 61.5 Å². The van der Waals surface area contributed by atoms with Crippen LogP contribution in [0.15, 0.2) is 24.3 Å². The fraction of sp³-hybridized carbons (Fsp3) is 0.745. The minimum absolute atomic E-state index is 0.0491. The lowest BCUT2D eigenvalue weighted by atomic mass is 9.96. The van der Waals surface area contributed by atoms with Crippen molar-refractivity contribution < 1.29 is 79.5 Å². The third kappa shape index (κ3) is 17.5. The zero-order valence-electron chi connectivity index (χ0n) is 43.2. The van der Waals surface area contributed by atoms with Gasteiger partial charge in [0, 0.05) is 38.3 Å². The number of benzene rings is 1. The van der Waals surface area contributed by atoms with Gasteiger partial charge in [0.05, 0.1) is 24.4 Å². The normalized spacial score (nSPS) is 29.4. The maximum absolute atomic E-state index is 14.3. The highest BCUT2D eigenvalue weighted by Gasteiger charge is 2.50.